The van der Waals surface area contributed by atoms with Gasteiger partial charge in [0.2, 0.25) is 0 Å². The average molecular weight is 1980 g/mol. The van der Waals surface area contributed by atoms with Crippen molar-refractivity contribution in [3.63, 3.8) is 0 Å². The van der Waals surface area contributed by atoms with Crippen LogP contribution < -0.4 is 28.9 Å². The fraction of sp³-hybridized carbons (Fsp3) is 0.308. The highest BCUT2D eigenvalue weighted by Crippen LogP contribution is 2.49. The van der Waals surface area contributed by atoms with E-state index in [1.165, 1.54) is 36.5 Å². The van der Waals surface area contributed by atoms with E-state index in [2.05, 4.69) is 34.0 Å². The molecule has 714 valence electrons. The van der Waals surface area contributed by atoms with Gasteiger partial charge in [-0.15, -0.1) is 0 Å². The fourth-order valence-electron chi connectivity index (χ4n) is 19.9. The van der Waals surface area contributed by atoms with Gasteiger partial charge < -0.3 is 53.0 Å². The number of amides is 3. The number of rotatable bonds is 24. The lowest BCUT2D eigenvalue weighted by Gasteiger charge is -2.21. The molecule has 10 heterocycles. The molecule has 0 atom stereocenters. The van der Waals surface area contributed by atoms with Crippen LogP contribution in [-0.2, 0) is 60.0 Å². The Balaban J connectivity index is 0.000000150. The zero-order valence-electron chi connectivity index (χ0n) is 79.6. The maximum atomic E-state index is 14.6. The van der Waals surface area contributed by atoms with Crippen LogP contribution in [0.5, 0.6) is 17.2 Å². The lowest BCUT2D eigenvalue weighted by Crippen LogP contribution is -2.32. The molecule has 0 aliphatic carbocycles. The van der Waals surface area contributed by atoms with Crippen LogP contribution in [0.1, 0.15) is 185 Å². The van der Waals surface area contributed by atoms with Crippen molar-refractivity contribution in [1.29, 1.82) is 0 Å². The Kier molecular flexibility index (Phi) is 28.9. The number of carboxylic acids is 3. The fourth-order valence-corrected chi connectivity index (χ4v) is 21.0. The molecule has 31 heteroatoms. The van der Waals surface area contributed by atoms with Gasteiger partial charge in [-0.25, -0.2) is 19.4 Å². The number of carbonyl (C=O) groups is 6. The summed E-state index contributed by atoms with van der Waals surface area (Å²) >= 11 is 40.0. The van der Waals surface area contributed by atoms with Crippen molar-refractivity contribution >= 4 is 155 Å². The summed E-state index contributed by atoms with van der Waals surface area (Å²) in [6.45, 7) is 28.2. The molecule has 0 spiro atoms. The van der Waals surface area contributed by atoms with Gasteiger partial charge in [0, 0.05) is 160 Å². The third kappa shape index (κ3) is 19.0. The molecule has 3 aliphatic rings. The summed E-state index contributed by atoms with van der Waals surface area (Å²) in [4.78, 5) is 88.2. The third-order valence-electron chi connectivity index (χ3n) is 26.6. The number of halogens is 6. The molecule has 15 aromatic rings. The van der Waals surface area contributed by atoms with Crippen molar-refractivity contribution in [3.8, 4) is 50.6 Å². The van der Waals surface area contributed by atoms with Gasteiger partial charge in [0.15, 0.2) is 0 Å². The lowest BCUT2D eigenvalue weighted by atomic mass is 9.98. The Hall–Kier alpha value is -12.9. The number of hydrogen-bond acceptors (Lipinski definition) is 13. The number of benzene rings is 8. The van der Waals surface area contributed by atoms with E-state index < -0.39 is 17.9 Å². The third-order valence-corrected chi connectivity index (χ3v) is 29.3. The van der Waals surface area contributed by atoms with E-state index in [1.54, 1.807) is 45.0 Å². The van der Waals surface area contributed by atoms with Crippen molar-refractivity contribution in [2.45, 2.75) is 161 Å². The average Bonchev–Trinajstić information content (AvgIpc) is 1.58. The molecule has 3 amide bonds. The first-order valence-electron chi connectivity index (χ1n) is 46.0. The summed E-state index contributed by atoms with van der Waals surface area (Å²) in [6.07, 6.45) is 7.20. The van der Waals surface area contributed by atoms with Crippen molar-refractivity contribution in [2.24, 2.45) is 21.1 Å². The first kappa shape index (κ1) is 98.2. The molecule has 0 saturated heterocycles. The van der Waals surface area contributed by atoms with Crippen LogP contribution in [0, 0.1) is 83.1 Å². The molecular formula is C107H107Cl6N13O12. The standard InChI is InChI=1S/2C36H36Cl2N4O4.C35H35Cl2N5O4/c1-20-17-26(18-21(2)32(20)38)46-16-7-11-27-28-12-13-29(37)31(30-22(3)39-40(5)23(30)4)33(28)42-15-8-14-41(35(43)34(27)42)25-10-6-9-24(19-25)36(44)45;1-20-18-26(19-21(2)32(20)38)46-17-6-8-27-28-13-14-29(37)31(30-22(3)39-40(5)23(30)4)33(28)42-16-7-15-41(35(43)34(27)42)25-11-9-24(10-12-25)36(44)45;1-19-16-24(17-20(2)31(19)37)46-15-6-8-25-26-9-10-27(36)30(29-21(3)39-40(5)22(29)4)32(26)42-14-7-13-41(34(43)33(25)42)28-18-23(35(44)45)11-12-38-28/h6,9-10,12-13,17-19H,7-8,11,14-16H2,1-5H3,(H,44,45);9-14,18-19H,6-8,15-17H2,1-5H3,(H,44,45);9-12,16-18H,6-8,13-15H2,1-5H3,(H,44,45). The second-order valence-electron chi connectivity index (χ2n) is 35.7. The quantitative estimate of drug-likeness (QED) is 0.0474. The normalized spacial score (nSPS) is 13.3. The van der Waals surface area contributed by atoms with Crippen LogP contribution in [0.15, 0.2) is 140 Å². The van der Waals surface area contributed by atoms with E-state index in [-0.39, 0.29) is 34.4 Å². The number of hydrogen-bond donors (Lipinski definition) is 3. The number of anilines is 3. The number of nitrogens with zero attached hydrogens (tertiary/aromatic N) is 13. The van der Waals surface area contributed by atoms with Gasteiger partial charge in [0.1, 0.15) is 40.1 Å². The van der Waals surface area contributed by atoms with E-state index in [0.717, 1.165) is 183 Å². The highest BCUT2D eigenvalue weighted by Gasteiger charge is 2.38. The topological polar surface area (TPSA) is 282 Å². The van der Waals surface area contributed by atoms with E-state index in [0.29, 0.717) is 166 Å². The SMILES string of the molecule is Cc1cc(OCCCc2c3n(c4c(-c5c(C)nn(C)c5C)c(Cl)ccc24)CCCN(c2cc(C(=O)O)ccn2)C3=O)cc(C)c1Cl.Cc1cc(OCCCc2c3n(c4c(-c5c(C)nn(C)c5C)c(Cl)ccc24)CCCN(c2ccc(C(=O)O)cc2)C3=O)cc(C)c1Cl.Cc1cc(OCCCc2c3n(c4c(-c5c(C)nn(C)c5C)c(Cl)ccc24)CCCN(c2cccc(C(=O)O)c2)C3=O)cc(C)c1Cl. The zero-order chi connectivity index (χ0) is 98.6. The minimum atomic E-state index is -1.08. The number of carboxylic acid groups (broad SMARTS) is 3. The minimum Gasteiger partial charge on any atom is -0.494 e. The number of carbonyl (C=O) groups excluding carboxylic acids is 3. The molecule has 0 radical (unpaired) electrons. The molecule has 8 aromatic carbocycles. The summed E-state index contributed by atoms with van der Waals surface area (Å²) in [5, 5.41) is 49.5. The van der Waals surface area contributed by atoms with Gasteiger partial charge in [0.25, 0.3) is 17.7 Å². The molecule has 18 rings (SSSR count). The molecule has 7 aromatic heterocycles. The zero-order valence-corrected chi connectivity index (χ0v) is 84.1. The van der Waals surface area contributed by atoms with E-state index >= 15 is 0 Å². The number of fused-ring (bicyclic) bond motifs is 9. The van der Waals surface area contributed by atoms with Gasteiger partial charge in [-0.3, -0.25) is 33.3 Å². The molecule has 0 fully saturated rings. The van der Waals surface area contributed by atoms with Crippen molar-refractivity contribution in [1.82, 2.24) is 48.0 Å². The molecule has 25 nitrogen and oxygen atoms in total. The lowest BCUT2D eigenvalue weighted by molar-refractivity contribution is 0.0686. The van der Waals surface area contributed by atoms with Crippen LogP contribution in [0.3, 0.4) is 0 Å². The van der Waals surface area contributed by atoms with E-state index in [4.69, 9.17) is 83.8 Å². The van der Waals surface area contributed by atoms with E-state index in [9.17, 15) is 44.1 Å². The van der Waals surface area contributed by atoms with Crippen molar-refractivity contribution in [2.75, 3.05) is 54.2 Å². The van der Waals surface area contributed by atoms with Crippen LogP contribution in [-0.4, -0.2) is 138 Å². The summed E-state index contributed by atoms with van der Waals surface area (Å²) < 4.78 is 30.4. The second kappa shape index (κ2) is 40.7. The predicted octanol–water partition coefficient (Wildman–Crippen LogP) is 24.4. The number of aromatic nitrogens is 10. The monoisotopic (exact) mass is 1980 g/mol. The van der Waals surface area contributed by atoms with Crippen molar-refractivity contribution < 1.29 is 58.3 Å². The number of aromatic carboxylic acids is 3. The molecule has 3 aliphatic heterocycles. The van der Waals surface area contributed by atoms with Gasteiger partial charge >= 0.3 is 17.9 Å². The Labute approximate surface area is 829 Å². The van der Waals surface area contributed by atoms with Crippen LogP contribution in [0.4, 0.5) is 17.2 Å². The van der Waals surface area contributed by atoms with Crippen molar-refractivity contribution in [3.05, 3.63) is 288 Å². The maximum absolute atomic E-state index is 14.6. The maximum Gasteiger partial charge on any atom is 0.335 e. The first-order valence-corrected chi connectivity index (χ1v) is 48.2. The summed E-state index contributed by atoms with van der Waals surface area (Å²) in [5.41, 5.74) is 25.6. The Morgan fingerprint density at radius 2 is 0.674 bits per heavy atom. The highest BCUT2D eigenvalue weighted by molar-refractivity contribution is 6.37. The first-order chi connectivity index (χ1) is 65.9. The molecule has 0 saturated carbocycles. The highest BCUT2D eigenvalue weighted by atomic mass is 35.5. The molecular weight excluding hydrogens is 1870 g/mol. The number of pyridine rings is 1. The molecule has 0 bridgehead atoms. The predicted molar refractivity (Wildman–Crippen MR) is 547 cm³/mol. The summed E-state index contributed by atoms with van der Waals surface area (Å²) in [5.74, 6) is -1.05. The Bertz CT molecular complexity index is 7080. The molecule has 0 unspecified atom stereocenters. The summed E-state index contributed by atoms with van der Waals surface area (Å²) in [6, 6.07) is 39.3. The number of aryl methyl sites for hydroxylation is 18. The Morgan fingerprint density at radius 3 is 1.00 bits per heavy atom. The largest absolute Gasteiger partial charge is 0.494 e. The Morgan fingerprint density at radius 1 is 0.355 bits per heavy atom. The van der Waals surface area contributed by atoms with Gasteiger partial charge in [-0.2, -0.15) is 15.3 Å². The molecule has 3 N–H and O–H groups in total. The van der Waals surface area contributed by atoms with Crippen LogP contribution >= 0.6 is 69.6 Å². The van der Waals surface area contributed by atoms with E-state index in [1.807, 2.05) is 191 Å². The summed E-state index contributed by atoms with van der Waals surface area (Å²) in [7, 11) is 5.75. The minimum absolute atomic E-state index is 0.0734. The van der Waals surface area contributed by atoms with Crippen LogP contribution in [0.2, 0.25) is 30.1 Å². The smallest absolute Gasteiger partial charge is 0.335 e. The van der Waals surface area contributed by atoms with Crippen LogP contribution in [0.25, 0.3) is 66.1 Å². The van der Waals surface area contributed by atoms with Gasteiger partial charge in [0.05, 0.1) is 85.2 Å². The van der Waals surface area contributed by atoms with Gasteiger partial charge in [-0.05, 0) is 300 Å². The molecule has 138 heavy (non-hydrogen) atoms. The second-order valence-corrected chi connectivity index (χ2v) is 38.1. The number of ether oxygens (including phenoxy) is 3. The van der Waals surface area contributed by atoms with Gasteiger partial charge in [-0.1, -0.05) is 93.9 Å².